The Kier molecular flexibility index (Phi) is 7.94. The first-order chi connectivity index (χ1) is 19.6. The summed E-state index contributed by atoms with van der Waals surface area (Å²) < 4.78 is 0. The Morgan fingerprint density at radius 3 is 2.56 bits per heavy atom. The highest BCUT2D eigenvalue weighted by atomic mass is 35.5. The summed E-state index contributed by atoms with van der Waals surface area (Å²) in [6.07, 6.45) is 1.42. The highest BCUT2D eigenvalue weighted by Crippen LogP contribution is 2.49. The van der Waals surface area contributed by atoms with Gasteiger partial charge < -0.3 is 5.73 Å². The number of thioether (sulfide) groups is 1. The van der Waals surface area contributed by atoms with Crippen molar-refractivity contribution in [3.63, 3.8) is 0 Å². The topological polar surface area (TPSA) is 113 Å². The van der Waals surface area contributed by atoms with Crippen LogP contribution in [0.1, 0.15) is 53.0 Å². The van der Waals surface area contributed by atoms with E-state index in [1.807, 2.05) is 19.1 Å². The fourth-order valence-corrected chi connectivity index (χ4v) is 7.02. The van der Waals surface area contributed by atoms with Crippen molar-refractivity contribution in [2.24, 2.45) is 5.73 Å². The minimum absolute atomic E-state index is 0.0751. The number of nitro benzene ring substituents is 1. The number of nitriles is 1. The van der Waals surface area contributed by atoms with Gasteiger partial charge in [0.15, 0.2) is 5.78 Å². The maximum Gasteiger partial charge on any atom is 0.294 e. The van der Waals surface area contributed by atoms with Gasteiger partial charge in [0.2, 0.25) is 0 Å². The van der Waals surface area contributed by atoms with Gasteiger partial charge in [-0.2, -0.15) is 5.26 Å². The predicted octanol–water partition coefficient (Wildman–Crippen LogP) is 7.77. The van der Waals surface area contributed by atoms with Crippen molar-refractivity contribution >= 4 is 40.5 Å². The number of benzene rings is 3. The van der Waals surface area contributed by atoms with Gasteiger partial charge in [-0.15, -0.1) is 11.8 Å². The first-order valence-corrected chi connectivity index (χ1v) is 14.7. The van der Waals surface area contributed by atoms with Gasteiger partial charge >= 0.3 is 0 Å². The van der Waals surface area contributed by atoms with Crippen molar-refractivity contribution in [1.82, 2.24) is 0 Å². The molecule has 0 radical (unpaired) electrons. The van der Waals surface area contributed by atoms with Gasteiger partial charge in [0.1, 0.15) is 11.5 Å². The van der Waals surface area contributed by atoms with Crippen LogP contribution >= 0.6 is 23.4 Å². The average molecular weight is 585 g/mol. The van der Waals surface area contributed by atoms with Gasteiger partial charge in [0.25, 0.3) is 5.69 Å². The van der Waals surface area contributed by atoms with Crippen LogP contribution in [0.5, 0.6) is 0 Å². The lowest BCUT2D eigenvalue weighted by atomic mass is 9.74. The Bertz CT molecular complexity index is 1710. The second-order valence-electron chi connectivity index (χ2n) is 10.4. The van der Waals surface area contributed by atoms with Gasteiger partial charge in [-0.25, -0.2) is 0 Å². The summed E-state index contributed by atoms with van der Waals surface area (Å²) in [6, 6.07) is 19.0. The van der Waals surface area contributed by atoms with Gasteiger partial charge in [-0.05, 0) is 79.6 Å². The molecule has 3 aromatic rings. The zero-order valence-corrected chi connectivity index (χ0v) is 24.6. The molecule has 1 atom stereocenters. The van der Waals surface area contributed by atoms with Gasteiger partial charge in [0, 0.05) is 39.4 Å². The van der Waals surface area contributed by atoms with Crippen molar-refractivity contribution in [3.8, 4) is 6.07 Å². The van der Waals surface area contributed by atoms with E-state index < -0.39 is 10.8 Å². The monoisotopic (exact) mass is 584 g/mol. The molecule has 2 aliphatic rings. The number of aryl methyl sites for hydroxylation is 3. The molecular formula is C32H29ClN4O3S. The normalized spacial score (nSPS) is 17.0. The summed E-state index contributed by atoms with van der Waals surface area (Å²) in [5, 5.41) is 22.7. The second kappa shape index (κ2) is 11.4. The van der Waals surface area contributed by atoms with Crippen molar-refractivity contribution < 1.29 is 9.72 Å². The third kappa shape index (κ3) is 5.23. The summed E-state index contributed by atoms with van der Waals surface area (Å²) in [5.41, 5.74) is 13.2. The van der Waals surface area contributed by atoms with E-state index in [1.54, 1.807) is 17.8 Å². The SMILES string of the molecule is Cc1cc(C)c(C2C(C#N)=C(N)N(c3ccc(Cl)cc3[N+](=O)[O-])C3=C2C(=O)CCC3)cc1CSc1ccccc1C. The first kappa shape index (κ1) is 28.5. The number of halogens is 1. The fraction of sp³-hybridized carbons (Fsp3) is 0.250. The highest BCUT2D eigenvalue weighted by Gasteiger charge is 2.42. The number of carbonyl (C=O) groups excluding carboxylic acids is 1. The Morgan fingerprint density at radius 1 is 1.10 bits per heavy atom. The van der Waals surface area contributed by atoms with Gasteiger partial charge in [-0.3, -0.25) is 19.8 Å². The Hall–Kier alpha value is -4.06. The molecule has 3 aromatic carbocycles. The lowest BCUT2D eigenvalue weighted by Crippen LogP contribution is -2.39. The van der Waals surface area contributed by atoms with Crippen LogP contribution in [0.2, 0.25) is 5.02 Å². The standard InChI is InChI=1S/C32H29ClN4O3S/c1-18-7-4-5-10-29(18)41-17-21-14-23(20(3)13-19(21)2)30-24(16-34)32(35)36(26-8-6-9-28(38)31(26)30)25-12-11-22(33)15-27(25)37(39)40/h4-5,7,10-15,30H,6,8-9,17,35H2,1-3H3. The van der Waals surface area contributed by atoms with Crippen molar-refractivity contribution in [1.29, 1.82) is 5.26 Å². The van der Waals surface area contributed by atoms with Crippen LogP contribution < -0.4 is 10.6 Å². The van der Waals surface area contributed by atoms with Crippen LogP contribution in [0.4, 0.5) is 11.4 Å². The van der Waals surface area contributed by atoms with Crippen molar-refractivity contribution in [2.45, 2.75) is 56.6 Å². The first-order valence-electron chi connectivity index (χ1n) is 13.3. The third-order valence-electron chi connectivity index (χ3n) is 7.80. The molecule has 9 heteroatoms. The summed E-state index contributed by atoms with van der Waals surface area (Å²) in [5.74, 6) is 0.0788. The van der Waals surface area contributed by atoms with E-state index in [-0.39, 0.29) is 33.6 Å². The van der Waals surface area contributed by atoms with Crippen molar-refractivity contribution in [2.75, 3.05) is 4.90 Å². The molecule has 2 N–H and O–H groups in total. The van der Waals surface area contributed by atoms with Crippen molar-refractivity contribution in [3.05, 3.63) is 120 Å². The summed E-state index contributed by atoms with van der Waals surface area (Å²) in [4.78, 5) is 27.8. The molecule has 0 aromatic heterocycles. The number of nitrogens with two attached hydrogens (primary N) is 1. The maximum absolute atomic E-state index is 13.6. The van der Waals surface area contributed by atoms with E-state index in [1.165, 1.54) is 27.5 Å². The lowest BCUT2D eigenvalue weighted by Gasteiger charge is -2.39. The van der Waals surface area contributed by atoms with Crippen LogP contribution in [0.25, 0.3) is 0 Å². The number of hydrogen-bond donors (Lipinski definition) is 1. The van der Waals surface area contributed by atoms with Crippen LogP contribution in [0, 0.1) is 42.2 Å². The van der Waals surface area contributed by atoms with Crippen LogP contribution in [-0.2, 0) is 10.5 Å². The Balaban J connectivity index is 1.67. The maximum atomic E-state index is 13.6. The molecule has 0 bridgehead atoms. The molecule has 5 rings (SSSR count). The smallest absolute Gasteiger partial charge is 0.294 e. The van der Waals surface area contributed by atoms with E-state index in [0.717, 1.165) is 28.0 Å². The van der Waals surface area contributed by atoms with Crippen LogP contribution in [0.3, 0.4) is 0 Å². The minimum Gasteiger partial charge on any atom is -0.384 e. The number of Topliss-reactive ketones (excluding diaryl/α,β-unsaturated/α-hetero) is 1. The molecule has 1 unspecified atom stereocenters. The number of ketones is 1. The quantitative estimate of drug-likeness (QED) is 0.179. The molecule has 0 saturated carbocycles. The Morgan fingerprint density at radius 2 is 1.85 bits per heavy atom. The average Bonchev–Trinajstić information content (AvgIpc) is 2.93. The molecule has 0 amide bonds. The molecule has 0 fully saturated rings. The number of hydrogen-bond acceptors (Lipinski definition) is 7. The van der Waals surface area contributed by atoms with Gasteiger partial charge in [0.05, 0.1) is 22.5 Å². The molecule has 0 saturated heterocycles. The number of nitro groups is 1. The van der Waals surface area contributed by atoms with E-state index in [4.69, 9.17) is 17.3 Å². The summed E-state index contributed by atoms with van der Waals surface area (Å²) in [6.45, 7) is 6.14. The number of nitrogens with zero attached hydrogens (tertiary/aromatic N) is 3. The number of anilines is 1. The molecule has 7 nitrogen and oxygen atoms in total. The summed E-state index contributed by atoms with van der Waals surface area (Å²) in [7, 11) is 0. The third-order valence-corrected chi connectivity index (χ3v) is 9.26. The predicted molar refractivity (Wildman–Crippen MR) is 163 cm³/mol. The largest absolute Gasteiger partial charge is 0.384 e. The molecule has 1 aliphatic heterocycles. The highest BCUT2D eigenvalue weighted by molar-refractivity contribution is 7.98. The zero-order valence-electron chi connectivity index (χ0n) is 23.0. The lowest BCUT2D eigenvalue weighted by molar-refractivity contribution is -0.384. The minimum atomic E-state index is -0.659. The molecule has 0 spiro atoms. The van der Waals surface area contributed by atoms with E-state index in [2.05, 4.69) is 44.2 Å². The molecular weight excluding hydrogens is 556 g/mol. The van der Waals surface area contributed by atoms with E-state index in [0.29, 0.717) is 30.5 Å². The Labute approximate surface area is 248 Å². The second-order valence-corrected chi connectivity index (χ2v) is 11.8. The number of allylic oxidation sites excluding steroid dienone is 3. The fourth-order valence-electron chi connectivity index (χ4n) is 5.76. The zero-order chi connectivity index (χ0) is 29.4. The number of carbonyl (C=O) groups is 1. The van der Waals surface area contributed by atoms with E-state index in [9.17, 15) is 20.2 Å². The molecule has 41 heavy (non-hydrogen) atoms. The van der Waals surface area contributed by atoms with Crippen LogP contribution in [-0.4, -0.2) is 10.7 Å². The molecule has 208 valence electrons. The molecule has 1 heterocycles. The number of rotatable bonds is 6. The van der Waals surface area contributed by atoms with E-state index >= 15 is 0 Å². The molecule has 1 aliphatic carbocycles. The van der Waals surface area contributed by atoms with Crippen LogP contribution in [0.15, 0.2) is 82.2 Å². The van der Waals surface area contributed by atoms with Gasteiger partial charge in [-0.1, -0.05) is 41.9 Å². The summed E-state index contributed by atoms with van der Waals surface area (Å²) >= 11 is 7.83.